The number of carbonyl (C=O) groups is 1. The molecule has 1 aliphatic rings. The summed E-state index contributed by atoms with van der Waals surface area (Å²) in [7, 11) is 0. The molecule has 1 amide bonds. The topological polar surface area (TPSA) is 58.4 Å². The Morgan fingerprint density at radius 2 is 2.38 bits per heavy atom. The lowest BCUT2D eigenvalue weighted by molar-refractivity contribution is -0.129. The molecule has 0 aliphatic carbocycles. The van der Waals surface area contributed by atoms with Crippen LogP contribution in [0.2, 0.25) is 0 Å². The quantitative estimate of drug-likeness (QED) is 0.531. The number of piperazine rings is 1. The van der Waals surface area contributed by atoms with Crippen LogP contribution in [0.15, 0.2) is 0 Å². The summed E-state index contributed by atoms with van der Waals surface area (Å²) >= 11 is 4.83. The molecular weight excluding hydrogens is 222 g/mol. The van der Waals surface area contributed by atoms with Crippen LogP contribution in [0.5, 0.6) is 0 Å². The average Bonchev–Trinajstić information content (AvgIpc) is 2.24. The van der Waals surface area contributed by atoms with Crippen molar-refractivity contribution >= 4 is 23.1 Å². The fourth-order valence-corrected chi connectivity index (χ4v) is 2.23. The maximum absolute atomic E-state index is 11.6. The maximum atomic E-state index is 11.6. The van der Waals surface area contributed by atoms with Gasteiger partial charge in [-0.15, -0.1) is 0 Å². The van der Waals surface area contributed by atoms with Crippen LogP contribution in [-0.4, -0.2) is 41.5 Å². The molecule has 0 aromatic rings. The number of nitrogens with zero attached hydrogens (tertiary/aromatic N) is 1. The van der Waals surface area contributed by atoms with E-state index >= 15 is 0 Å². The van der Waals surface area contributed by atoms with E-state index in [0.29, 0.717) is 4.99 Å². The number of nitrogens with one attached hydrogen (secondary N) is 1. The Hall–Kier alpha value is -0.680. The summed E-state index contributed by atoms with van der Waals surface area (Å²) in [6.07, 6.45) is 3.76. The minimum absolute atomic E-state index is 0.0542. The molecule has 0 spiro atoms. The van der Waals surface area contributed by atoms with Gasteiger partial charge in [-0.3, -0.25) is 9.69 Å². The van der Waals surface area contributed by atoms with Gasteiger partial charge in [-0.25, -0.2) is 0 Å². The molecule has 0 aromatic carbocycles. The van der Waals surface area contributed by atoms with Gasteiger partial charge < -0.3 is 11.1 Å². The van der Waals surface area contributed by atoms with Crippen molar-refractivity contribution in [2.45, 2.75) is 38.6 Å². The van der Waals surface area contributed by atoms with Crippen LogP contribution >= 0.6 is 12.2 Å². The zero-order valence-corrected chi connectivity index (χ0v) is 10.7. The van der Waals surface area contributed by atoms with Crippen LogP contribution < -0.4 is 11.1 Å². The van der Waals surface area contributed by atoms with E-state index in [0.717, 1.165) is 45.3 Å². The molecule has 5 heteroatoms. The van der Waals surface area contributed by atoms with Crippen LogP contribution in [0.4, 0.5) is 0 Å². The van der Waals surface area contributed by atoms with Crippen molar-refractivity contribution in [2.24, 2.45) is 5.73 Å². The summed E-state index contributed by atoms with van der Waals surface area (Å²) < 4.78 is 0. The third-order valence-corrected chi connectivity index (χ3v) is 3.15. The molecule has 4 nitrogen and oxygen atoms in total. The van der Waals surface area contributed by atoms with Crippen LogP contribution in [0.25, 0.3) is 0 Å². The number of hydrogen-bond acceptors (Lipinski definition) is 3. The first kappa shape index (κ1) is 13.4. The second kappa shape index (κ2) is 6.81. The number of rotatable bonds is 6. The smallest absolute Gasteiger partial charge is 0.237 e. The summed E-state index contributed by atoms with van der Waals surface area (Å²) in [5.41, 5.74) is 5.44. The fraction of sp³-hybridized carbons (Fsp3) is 0.818. The first-order valence-corrected chi connectivity index (χ1v) is 6.36. The molecule has 0 radical (unpaired) electrons. The predicted octanol–water partition coefficient (Wildman–Crippen LogP) is 0.653. The van der Waals surface area contributed by atoms with Gasteiger partial charge in [0, 0.05) is 13.1 Å². The van der Waals surface area contributed by atoms with Crippen molar-refractivity contribution in [2.75, 3.05) is 19.6 Å². The number of thiocarbonyl (C=S) groups is 1. The largest absolute Gasteiger partial charge is 0.393 e. The SMILES string of the molecule is CCC1C(=O)NCCN1CCCCC(N)=S. The average molecular weight is 243 g/mol. The van der Waals surface area contributed by atoms with Gasteiger partial charge in [0.15, 0.2) is 0 Å². The van der Waals surface area contributed by atoms with Crippen molar-refractivity contribution in [1.29, 1.82) is 0 Å². The van der Waals surface area contributed by atoms with Crippen LogP contribution in [0, 0.1) is 0 Å². The Morgan fingerprint density at radius 1 is 1.62 bits per heavy atom. The number of unbranched alkanes of at least 4 members (excludes halogenated alkanes) is 1. The van der Waals surface area contributed by atoms with Gasteiger partial charge in [-0.05, 0) is 32.2 Å². The predicted molar refractivity (Wildman–Crippen MR) is 69.3 cm³/mol. The highest BCUT2D eigenvalue weighted by atomic mass is 32.1. The van der Waals surface area contributed by atoms with Gasteiger partial charge in [0.25, 0.3) is 0 Å². The Labute approximate surface area is 103 Å². The molecule has 1 unspecified atom stereocenters. The van der Waals surface area contributed by atoms with Crippen LogP contribution in [0.1, 0.15) is 32.6 Å². The fourth-order valence-electron chi connectivity index (χ4n) is 2.09. The Kier molecular flexibility index (Phi) is 5.69. The number of carbonyl (C=O) groups excluding carboxylic acids is 1. The van der Waals surface area contributed by atoms with E-state index in [1.807, 2.05) is 0 Å². The lowest BCUT2D eigenvalue weighted by Crippen LogP contribution is -2.55. The monoisotopic (exact) mass is 243 g/mol. The normalized spacial score (nSPS) is 21.8. The van der Waals surface area contributed by atoms with Crippen molar-refractivity contribution in [1.82, 2.24) is 10.2 Å². The lowest BCUT2D eigenvalue weighted by atomic mass is 10.1. The van der Waals surface area contributed by atoms with Crippen molar-refractivity contribution in [3.8, 4) is 0 Å². The molecule has 0 saturated carbocycles. The van der Waals surface area contributed by atoms with Gasteiger partial charge >= 0.3 is 0 Å². The maximum Gasteiger partial charge on any atom is 0.237 e. The number of nitrogens with two attached hydrogens (primary N) is 1. The Bertz CT molecular complexity index is 258. The molecule has 1 aliphatic heterocycles. The summed E-state index contributed by atoms with van der Waals surface area (Å²) in [4.78, 5) is 14.4. The van der Waals surface area contributed by atoms with Crippen molar-refractivity contribution in [3.05, 3.63) is 0 Å². The van der Waals surface area contributed by atoms with Gasteiger partial charge in [0.05, 0.1) is 11.0 Å². The zero-order valence-electron chi connectivity index (χ0n) is 9.87. The van der Waals surface area contributed by atoms with E-state index in [2.05, 4.69) is 17.1 Å². The molecule has 1 atom stereocenters. The minimum Gasteiger partial charge on any atom is -0.393 e. The highest BCUT2D eigenvalue weighted by molar-refractivity contribution is 7.80. The van der Waals surface area contributed by atoms with Gasteiger partial charge in [0.1, 0.15) is 0 Å². The summed E-state index contributed by atoms with van der Waals surface area (Å²) in [6.45, 7) is 4.74. The second-order valence-electron chi connectivity index (χ2n) is 4.17. The number of amides is 1. The second-order valence-corrected chi connectivity index (χ2v) is 4.70. The molecule has 3 N–H and O–H groups in total. The Morgan fingerprint density at radius 3 is 3.00 bits per heavy atom. The molecule has 0 aromatic heterocycles. The van der Waals surface area contributed by atoms with Gasteiger partial charge in [-0.1, -0.05) is 19.1 Å². The minimum atomic E-state index is 0.0542. The van der Waals surface area contributed by atoms with Gasteiger partial charge in [-0.2, -0.15) is 0 Å². The highest BCUT2D eigenvalue weighted by Gasteiger charge is 2.26. The summed E-state index contributed by atoms with van der Waals surface area (Å²) in [5.74, 6) is 0.170. The molecule has 92 valence electrons. The summed E-state index contributed by atoms with van der Waals surface area (Å²) in [6, 6.07) is 0.0542. The molecule has 0 bridgehead atoms. The standard InChI is InChI=1S/C11H21N3OS/c1-2-9-11(15)13-6-8-14(9)7-4-3-5-10(12)16/h9H,2-8H2,1H3,(H2,12,16)(H,13,15). The van der Waals surface area contributed by atoms with E-state index in [9.17, 15) is 4.79 Å². The third kappa shape index (κ3) is 4.06. The molecule has 1 saturated heterocycles. The van der Waals surface area contributed by atoms with Gasteiger partial charge in [0.2, 0.25) is 5.91 Å². The van der Waals surface area contributed by atoms with E-state index < -0.39 is 0 Å². The highest BCUT2D eigenvalue weighted by Crippen LogP contribution is 2.10. The van der Waals surface area contributed by atoms with Crippen molar-refractivity contribution in [3.63, 3.8) is 0 Å². The Balaban J connectivity index is 2.28. The molecular formula is C11H21N3OS. The first-order chi connectivity index (χ1) is 7.65. The molecule has 1 heterocycles. The summed E-state index contributed by atoms with van der Waals surface area (Å²) in [5, 5.41) is 2.90. The number of hydrogen-bond donors (Lipinski definition) is 2. The zero-order chi connectivity index (χ0) is 12.0. The molecule has 1 rings (SSSR count). The van der Waals surface area contributed by atoms with E-state index in [-0.39, 0.29) is 11.9 Å². The third-order valence-electron chi connectivity index (χ3n) is 2.95. The van der Waals surface area contributed by atoms with Crippen molar-refractivity contribution < 1.29 is 4.79 Å². The van der Waals surface area contributed by atoms with Crippen LogP contribution in [-0.2, 0) is 4.79 Å². The van der Waals surface area contributed by atoms with E-state index in [1.54, 1.807) is 0 Å². The molecule has 1 fully saturated rings. The first-order valence-electron chi connectivity index (χ1n) is 5.95. The van der Waals surface area contributed by atoms with Crippen LogP contribution in [0.3, 0.4) is 0 Å². The van der Waals surface area contributed by atoms with E-state index in [1.165, 1.54) is 0 Å². The van der Waals surface area contributed by atoms with E-state index in [4.69, 9.17) is 18.0 Å². The lowest BCUT2D eigenvalue weighted by Gasteiger charge is -2.34. The molecule has 16 heavy (non-hydrogen) atoms.